The Kier molecular flexibility index (Phi) is 10.1. The van der Waals surface area contributed by atoms with Crippen molar-refractivity contribution >= 4 is 23.8 Å². The summed E-state index contributed by atoms with van der Waals surface area (Å²) >= 11 is 0. The first kappa shape index (κ1) is 27.2. The van der Waals surface area contributed by atoms with Gasteiger partial charge in [-0.1, -0.05) is 37.2 Å². The topological polar surface area (TPSA) is 137 Å². The van der Waals surface area contributed by atoms with Crippen molar-refractivity contribution in [1.82, 2.24) is 15.8 Å². The monoisotopic (exact) mass is 489 g/mol. The van der Waals surface area contributed by atoms with Gasteiger partial charge in [0.15, 0.2) is 11.8 Å². The molecule has 1 heterocycles. The smallest absolute Gasteiger partial charge is 0.330 e. The van der Waals surface area contributed by atoms with Crippen molar-refractivity contribution in [2.45, 2.75) is 39.3 Å². The summed E-state index contributed by atoms with van der Waals surface area (Å²) in [6, 6.07) is 5.72. The van der Waals surface area contributed by atoms with E-state index in [9.17, 15) is 23.6 Å². The highest BCUT2D eigenvalue weighted by molar-refractivity contribution is 5.95. The summed E-state index contributed by atoms with van der Waals surface area (Å²) in [6.07, 6.45) is 1.18. The first-order valence-corrected chi connectivity index (χ1v) is 10.8. The summed E-state index contributed by atoms with van der Waals surface area (Å²) in [5.74, 6) is -3.10. The lowest BCUT2D eigenvalue weighted by molar-refractivity contribution is -0.158. The highest BCUT2D eigenvalue weighted by Crippen LogP contribution is 2.13. The standard InChI is InChI=1S/C24H28FN3O7/c1-14(2)21(27-22(30)18-12-15(3)35-28-18)24(32)34-19(13-16-7-9-17(25)10-8-16)23(31)26-11-5-6-20(29)33-4/h5-10,12,14,19,21H,11,13H2,1-4H3,(H,26,31)(H,27,30)/b6-5+/t19-,21-/m0/s1. The maximum atomic E-state index is 13.3. The van der Waals surface area contributed by atoms with Crippen molar-refractivity contribution in [1.29, 1.82) is 0 Å². The van der Waals surface area contributed by atoms with E-state index in [0.29, 0.717) is 11.3 Å². The number of esters is 2. The number of benzene rings is 1. The highest BCUT2D eigenvalue weighted by Gasteiger charge is 2.31. The van der Waals surface area contributed by atoms with Crippen LogP contribution in [0, 0.1) is 18.7 Å². The Bertz CT molecular complexity index is 1060. The third kappa shape index (κ3) is 8.69. The Hall–Kier alpha value is -4.02. The zero-order valence-corrected chi connectivity index (χ0v) is 19.9. The molecule has 1 aromatic carbocycles. The number of halogens is 1. The van der Waals surface area contributed by atoms with Gasteiger partial charge in [-0.15, -0.1) is 0 Å². The number of amides is 2. The van der Waals surface area contributed by atoms with E-state index in [1.807, 2.05) is 0 Å². The first-order chi connectivity index (χ1) is 16.6. The van der Waals surface area contributed by atoms with E-state index in [4.69, 9.17) is 9.26 Å². The minimum atomic E-state index is -1.29. The summed E-state index contributed by atoms with van der Waals surface area (Å²) in [5, 5.41) is 8.72. The maximum Gasteiger partial charge on any atom is 0.330 e. The van der Waals surface area contributed by atoms with Crippen LogP contribution in [0.1, 0.15) is 35.7 Å². The van der Waals surface area contributed by atoms with Gasteiger partial charge in [0.05, 0.1) is 7.11 Å². The molecule has 35 heavy (non-hydrogen) atoms. The number of carbonyl (C=O) groups excluding carboxylic acids is 4. The fourth-order valence-corrected chi connectivity index (χ4v) is 2.92. The lowest BCUT2D eigenvalue weighted by atomic mass is 10.0. The molecule has 0 aliphatic heterocycles. The number of ether oxygens (including phenoxy) is 2. The summed E-state index contributed by atoms with van der Waals surface area (Å²) in [4.78, 5) is 49.4. The molecule has 0 spiro atoms. The molecule has 2 atom stereocenters. The zero-order chi connectivity index (χ0) is 26.0. The summed E-state index contributed by atoms with van der Waals surface area (Å²) in [6.45, 7) is 5.00. The van der Waals surface area contributed by atoms with Crippen LogP contribution in [-0.2, 0) is 30.3 Å². The van der Waals surface area contributed by atoms with Gasteiger partial charge in [-0.3, -0.25) is 9.59 Å². The summed E-state index contributed by atoms with van der Waals surface area (Å²) < 4.78 is 28.1. The maximum absolute atomic E-state index is 13.3. The number of rotatable bonds is 11. The molecule has 0 unspecified atom stereocenters. The van der Waals surface area contributed by atoms with Crippen LogP contribution in [0.2, 0.25) is 0 Å². The Morgan fingerprint density at radius 1 is 1.17 bits per heavy atom. The van der Waals surface area contributed by atoms with Crippen LogP contribution in [0.15, 0.2) is 47.0 Å². The van der Waals surface area contributed by atoms with Gasteiger partial charge in [0.2, 0.25) is 0 Å². The molecular formula is C24H28FN3O7. The van der Waals surface area contributed by atoms with E-state index in [2.05, 4.69) is 20.5 Å². The largest absolute Gasteiger partial charge is 0.466 e. The molecule has 2 aromatic rings. The molecule has 2 rings (SSSR count). The first-order valence-electron chi connectivity index (χ1n) is 10.8. The second-order valence-electron chi connectivity index (χ2n) is 7.94. The van der Waals surface area contributed by atoms with Crippen LogP contribution >= 0.6 is 0 Å². The predicted molar refractivity (Wildman–Crippen MR) is 121 cm³/mol. The van der Waals surface area contributed by atoms with E-state index >= 15 is 0 Å². The Morgan fingerprint density at radius 3 is 2.43 bits per heavy atom. The minimum Gasteiger partial charge on any atom is -0.466 e. The van der Waals surface area contributed by atoms with Gasteiger partial charge in [0, 0.05) is 25.1 Å². The lowest BCUT2D eigenvalue weighted by Crippen LogP contribution is -2.48. The number of methoxy groups -OCH3 is 1. The fourth-order valence-electron chi connectivity index (χ4n) is 2.92. The molecule has 0 radical (unpaired) electrons. The normalized spacial score (nSPS) is 12.7. The van der Waals surface area contributed by atoms with Gasteiger partial charge in [-0.2, -0.15) is 0 Å². The molecular weight excluding hydrogens is 461 g/mol. The number of nitrogens with one attached hydrogen (secondary N) is 2. The van der Waals surface area contributed by atoms with Crippen molar-refractivity contribution in [2.24, 2.45) is 5.92 Å². The quantitative estimate of drug-likeness (QED) is 0.361. The number of nitrogens with zero attached hydrogens (tertiary/aromatic N) is 1. The number of carbonyl (C=O) groups is 4. The van der Waals surface area contributed by atoms with Crippen LogP contribution in [0.4, 0.5) is 4.39 Å². The van der Waals surface area contributed by atoms with Crippen LogP contribution < -0.4 is 10.6 Å². The van der Waals surface area contributed by atoms with E-state index in [1.165, 1.54) is 43.5 Å². The molecule has 11 heteroatoms. The molecule has 0 fully saturated rings. The van der Waals surface area contributed by atoms with E-state index in [0.717, 1.165) is 6.08 Å². The number of aryl methyl sites for hydroxylation is 1. The Labute approximate surface area is 201 Å². The zero-order valence-electron chi connectivity index (χ0n) is 19.9. The Morgan fingerprint density at radius 2 is 1.86 bits per heavy atom. The van der Waals surface area contributed by atoms with Crippen LogP contribution in [0.5, 0.6) is 0 Å². The van der Waals surface area contributed by atoms with Crippen molar-refractivity contribution in [2.75, 3.05) is 13.7 Å². The molecule has 0 aliphatic rings. The molecule has 0 saturated carbocycles. The van der Waals surface area contributed by atoms with Gasteiger partial charge in [-0.25, -0.2) is 14.0 Å². The predicted octanol–water partition coefficient (Wildman–Crippen LogP) is 1.88. The van der Waals surface area contributed by atoms with E-state index in [-0.39, 0.29) is 24.6 Å². The molecule has 2 N–H and O–H groups in total. The van der Waals surface area contributed by atoms with Gasteiger partial charge in [0.1, 0.15) is 17.6 Å². The second-order valence-corrected chi connectivity index (χ2v) is 7.94. The van der Waals surface area contributed by atoms with E-state index < -0.39 is 41.7 Å². The number of hydrogen-bond acceptors (Lipinski definition) is 8. The molecule has 188 valence electrons. The van der Waals surface area contributed by atoms with Crippen LogP contribution in [0.3, 0.4) is 0 Å². The fraction of sp³-hybridized carbons (Fsp3) is 0.375. The molecule has 0 aliphatic carbocycles. The molecule has 0 saturated heterocycles. The van der Waals surface area contributed by atoms with Crippen molar-refractivity contribution in [3.8, 4) is 0 Å². The second kappa shape index (κ2) is 13.0. The lowest BCUT2D eigenvalue weighted by Gasteiger charge is -2.24. The van der Waals surface area contributed by atoms with Crippen LogP contribution in [0.25, 0.3) is 0 Å². The number of hydrogen-bond donors (Lipinski definition) is 2. The SMILES string of the molecule is COC(=O)/C=C/CNC(=O)[C@H](Cc1ccc(F)cc1)OC(=O)[C@@H](NC(=O)c1cc(C)on1)C(C)C. The van der Waals surface area contributed by atoms with Crippen molar-refractivity contribution < 1.29 is 37.6 Å². The molecule has 1 aromatic heterocycles. The average Bonchev–Trinajstić information content (AvgIpc) is 3.26. The van der Waals surface area contributed by atoms with Gasteiger partial charge in [-0.05, 0) is 30.5 Å². The highest BCUT2D eigenvalue weighted by atomic mass is 19.1. The third-order valence-corrected chi connectivity index (χ3v) is 4.80. The molecule has 10 nitrogen and oxygen atoms in total. The third-order valence-electron chi connectivity index (χ3n) is 4.80. The van der Waals surface area contributed by atoms with Crippen molar-refractivity contribution in [3.63, 3.8) is 0 Å². The van der Waals surface area contributed by atoms with Crippen LogP contribution in [-0.4, -0.2) is 54.7 Å². The van der Waals surface area contributed by atoms with Gasteiger partial charge >= 0.3 is 11.9 Å². The van der Waals surface area contributed by atoms with Crippen molar-refractivity contribution in [3.05, 3.63) is 65.3 Å². The summed E-state index contributed by atoms with van der Waals surface area (Å²) in [5.41, 5.74) is 0.548. The molecule has 2 amide bonds. The number of aromatic nitrogens is 1. The van der Waals surface area contributed by atoms with Gasteiger partial charge in [0.25, 0.3) is 11.8 Å². The average molecular weight is 490 g/mol. The molecule has 0 bridgehead atoms. The van der Waals surface area contributed by atoms with Gasteiger partial charge < -0.3 is 24.6 Å². The summed E-state index contributed by atoms with van der Waals surface area (Å²) in [7, 11) is 1.22. The Balaban J connectivity index is 2.14. The van der Waals surface area contributed by atoms with E-state index in [1.54, 1.807) is 20.8 Å². The minimum absolute atomic E-state index is 0.000974.